The van der Waals surface area contributed by atoms with E-state index in [2.05, 4.69) is 4.98 Å². The highest BCUT2D eigenvalue weighted by Crippen LogP contribution is 2.31. The van der Waals surface area contributed by atoms with E-state index in [1.54, 1.807) is 0 Å². The first-order valence-corrected chi connectivity index (χ1v) is 6.31. The highest BCUT2D eigenvalue weighted by Gasteiger charge is 2.22. The summed E-state index contributed by atoms with van der Waals surface area (Å²) in [6.07, 6.45) is -2.09. The molecule has 1 heterocycles. The maximum atomic E-state index is 12.3. The van der Waals surface area contributed by atoms with E-state index in [1.807, 2.05) is 0 Å². The normalized spacial score (nSPS) is 12.1. The SMILES string of the molecule is Cc1c(C(F)F)ncc(S(=O)(=O)Cl)c1Cl. The fraction of sp³-hybridized carbons (Fsp3) is 0.286. The average molecular weight is 276 g/mol. The van der Waals surface area contributed by atoms with Crippen LogP contribution in [0.2, 0.25) is 5.02 Å². The largest absolute Gasteiger partial charge is 0.280 e. The predicted octanol–water partition coefficient (Wildman–Crippen LogP) is 2.91. The third kappa shape index (κ3) is 2.56. The molecule has 15 heavy (non-hydrogen) atoms. The molecule has 0 aliphatic heterocycles. The van der Waals surface area contributed by atoms with Crippen LogP contribution in [0.4, 0.5) is 8.78 Å². The van der Waals surface area contributed by atoms with Gasteiger partial charge in [-0.15, -0.1) is 0 Å². The number of pyridine rings is 1. The van der Waals surface area contributed by atoms with Crippen molar-refractivity contribution >= 4 is 31.3 Å². The molecule has 1 aromatic heterocycles. The van der Waals surface area contributed by atoms with Crippen molar-refractivity contribution in [2.45, 2.75) is 18.2 Å². The highest BCUT2D eigenvalue weighted by molar-refractivity contribution is 8.13. The lowest BCUT2D eigenvalue weighted by molar-refractivity contribution is 0.145. The van der Waals surface area contributed by atoms with Gasteiger partial charge in [0.2, 0.25) is 0 Å². The molecule has 0 bridgehead atoms. The minimum atomic E-state index is -4.07. The summed E-state index contributed by atoms with van der Waals surface area (Å²) in [5.41, 5.74) is -0.641. The van der Waals surface area contributed by atoms with Gasteiger partial charge in [0.25, 0.3) is 15.5 Å². The monoisotopic (exact) mass is 275 g/mol. The Morgan fingerprint density at radius 1 is 1.47 bits per heavy atom. The zero-order valence-electron chi connectivity index (χ0n) is 7.34. The van der Waals surface area contributed by atoms with Crippen LogP contribution in [0.15, 0.2) is 11.1 Å². The number of nitrogens with zero attached hydrogens (tertiary/aromatic N) is 1. The number of aromatic nitrogens is 1. The van der Waals surface area contributed by atoms with E-state index in [4.69, 9.17) is 22.3 Å². The average Bonchev–Trinajstić information content (AvgIpc) is 2.06. The van der Waals surface area contributed by atoms with E-state index in [0.29, 0.717) is 0 Å². The Hall–Kier alpha value is -0.460. The number of halogens is 4. The standard InChI is InChI=1S/C7H5Cl2F2NO2S/c1-3-5(8)4(15(9,13)14)2-12-6(3)7(10)11/h2,7H,1H3. The fourth-order valence-corrected chi connectivity index (χ4v) is 2.43. The topological polar surface area (TPSA) is 47.0 Å². The molecule has 0 aliphatic rings. The predicted molar refractivity (Wildman–Crippen MR) is 52.0 cm³/mol. The first-order chi connectivity index (χ1) is 6.75. The van der Waals surface area contributed by atoms with Crippen molar-refractivity contribution in [3.63, 3.8) is 0 Å². The van der Waals surface area contributed by atoms with Crippen LogP contribution in [-0.2, 0) is 9.05 Å². The summed E-state index contributed by atoms with van der Waals surface area (Å²) in [6.45, 7) is 1.25. The molecule has 84 valence electrons. The number of hydrogen-bond acceptors (Lipinski definition) is 3. The molecule has 0 atom stereocenters. The van der Waals surface area contributed by atoms with Crippen LogP contribution < -0.4 is 0 Å². The number of alkyl halides is 2. The molecular weight excluding hydrogens is 271 g/mol. The molecule has 0 amide bonds. The third-order valence-corrected chi connectivity index (χ3v) is 3.65. The second-order valence-electron chi connectivity index (χ2n) is 2.69. The summed E-state index contributed by atoms with van der Waals surface area (Å²) < 4.78 is 46.5. The Labute approximate surface area is 94.4 Å². The molecule has 0 N–H and O–H groups in total. The van der Waals surface area contributed by atoms with E-state index in [9.17, 15) is 17.2 Å². The van der Waals surface area contributed by atoms with Crippen LogP contribution in [-0.4, -0.2) is 13.4 Å². The molecular formula is C7H5Cl2F2NO2S. The van der Waals surface area contributed by atoms with Crippen molar-refractivity contribution in [1.29, 1.82) is 0 Å². The molecule has 0 spiro atoms. The van der Waals surface area contributed by atoms with Crippen molar-refractivity contribution < 1.29 is 17.2 Å². The summed E-state index contributed by atoms with van der Waals surface area (Å²) in [7, 11) is 0.962. The molecule has 0 unspecified atom stereocenters. The summed E-state index contributed by atoms with van der Waals surface area (Å²) in [5.74, 6) is 0. The van der Waals surface area contributed by atoms with Crippen molar-refractivity contribution in [2.24, 2.45) is 0 Å². The lowest BCUT2D eigenvalue weighted by Gasteiger charge is -2.07. The molecule has 8 heteroatoms. The minimum Gasteiger partial charge on any atom is -0.253 e. The van der Waals surface area contributed by atoms with Gasteiger partial charge < -0.3 is 0 Å². The van der Waals surface area contributed by atoms with Gasteiger partial charge in [0.1, 0.15) is 10.6 Å². The Balaban J connectivity index is 3.48. The summed E-state index contributed by atoms with van der Waals surface area (Å²) in [5, 5.41) is -0.324. The van der Waals surface area contributed by atoms with Crippen molar-refractivity contribution in [1.82, 2.24) is 4.98 Å². The quantitative estimate of drug-likeness (QED) is 0.780. The lowest BCUT2D eigenvalue weighted by atomic mass is 10.2. The molecule has 0 fully saturated rings. The Morgan fingerprint density at radius 2 is 2.00 bits per heavy atom. The van der Waals surface area contributed by atoms with Crippen LogP contribution in [0.25, 0.3) is 0 Å². The maximum Gasteiger partial charge on any atom is 0.280 e. The van der Waals surface area contributed by atoms with Gasteiger partial charge in [0.15, 0.2) is 0 Å². The number of hydrogen-bond donors (Lipinski definition) is 0. The minimum absolute atomic E-state index is 0.0895. The zero-order chi connectivity index (χ0) is 11.8. The molecule has 1 aromatic rings. The molecule has 0 aliphatic carbocycles. The van der Waals surface area contributed by atoms with Gasteiger partial charge in [0, 0.05) is 16.9 Å². The molecule has 0 saturated heterocycles. The van der Waals surface area contributed by atoms with Gasteiger partial charge >= 0.3 is 0 Å². The van der Waals surface area contributed by atoms with Gasteiger partial charge in [-0.25, -0.2) is 17.2 Å². The molecule has 1 rings (SSSR count). The zero-order valence-corrected chi connectivity index (χ0v) is 9.67. The third-order valence-electron chi connectivity index (χ3n) is 1.72. The highest BCUT2D eigenvalue weighted by atomic mass is 35.7. The van der Waals surface area contributed by atoms with Crippen LogP contribution >= 0.6 is 22.3 Å². The van der Waals surface area contributed by atoms with E-state index < -0.39 is 26.1 Å². The second kappa shape index (κ2) is 4.19. The van der Waals surface area contributed by atoms with Crippen LogP contribution in [0.5, 0.6) is 0 Å². The van der Waals surface area contributed by atoms with Gasteiger partial charge in [-0.3, -0.25) is 4.98 Å². The van der Waals surface area contributed by atoms with Crippen molar-refractivity contribution in [2.75, 3.05) is 0 Å². The first kappa shape index (κ1) is 12.6. The van der Waals surface area contributed by atoms with Gasteiger partial charge in [0.05, 0.1) is 5.02 Å². The molecule has 3 nitrogen and oxygen atoms in total. The van der Waals surface area contributed by atoms with Gasteiger partial charge in [-0.1, -0.05) is 11.6 Å². The Bertz CT molecular complexity index is 490. The first-order valence-electron chi connectivity index (χ1n) is 3.63. The second-order valence-corrected chi connectivity index (χ2v) is 5.60. The smallest absolute Gasteiger partial charge is 0.253 e. The van der Waals surface area contributed by atoms with Crippen LogP contribution in [0.1, 0.15) is 17.7 Å². The lowest BCUT2D eigenvalue weighted by Crippen LogP contribution is -2.01. The van der Waals surface area contributed by atoms with E-state index in [-0.39, 0.29) is 10.6 Å². The van der Waals surface area contributed by atoms with Crippen LogP contribution in [0.3, 0.4) is 0 Å². The molecule has 0 aromatic carbocycles. The van der Waals surface area contributed by atoms with E-state index >= 15 is 0 Å². The summed E-state index contributed by atoms with van der Waals surface area (Å²) in [6, 6.07) is 0. The summed E-state index contributed by atoms with van der Waals surface area (Å²) in [4.78, 5) is 2.84. The van der Waals surface area contributed by atoms with Gasteiger partial charge in [-0.05, 0) is 12.5 Å². The van der Waals surface area contributed by atoms with Crippen molar-refractivity contribution in [3.05, 3.63) is 22.5 Å². The van der Waals surface area contributed by atoms with E-state index in [0.717, 1.165) is 6.20 Å². The number of rotatable bonds is 2. The summed E-state index contributed by atoms with van der Waals surface area (Å²) >= 11 is 5.59. The molecule has 0 saturated carbocycles. The maximum absolute atomic E-state index is 12.3. The fourth-order valence-electron chi connectivity index (χ4n) is 0.969. The van der Waals surface area contributed by atoms with E-state index in [1.165, 1.54) is 6.92 Å². The van der Waals surface area contributed by atoms with Crippen LogP contribution in [0, 0.1) is 6.92 Å². The van der Waals surface area contributed by atoms with Gasteiger partial charge in [-0.2, -0.15) is 0 Å². The molecule has 0 radical (unpaired) electrons. The Kier molecular flexibility index (Phi) is 3.52. The Morgan fingerprint density at radius 3 is 2.40 bits per heavy atom. The van der Waals surface area contributed by atoms with Crippen molar-refractivity contribution in [3.8, 4) is 0 Å².